The maximum absolute atomic E-state index is 2.28. The van der Waals surface area contributed by atoms with Crippen molar-refractivity contribution in [1.29, 1.82) is 0 Å². The highest BCUT2D eigenvalue weighted by Gasteiger charge is 2.16. The van der Waals surface area contributed by atoms with Crippen LogP contribution in [-0.2, 0) is 13.1 Å². The van der Waals surface area contributed by atoms with E-state index in [9.17, 15) is 0 Å². The average Bonchev–Trinajstić information content (AvgIpc) is 2.30. The molecule has 0 unspecified atom stereocenters. The van der Waals surface area contributed by atoms with Crippen molar-refractivity contribution in [2.24, 2.45) is 0 Å². The molecule has 0 aliphatic heterocycles. The van der Waals surface area contributed by atoms with E-state index in [1.54, 1.807) is 0 Å². The first-order valence-electron chi connectivity index (χ1n) is 6.06. The summed E-state index contributed by atoms with van der Waals surface area (Å²) in [5.41, 5.74) is 2.79. The lowest BCUT2D eigenvalue weighted by atomic mass is 10.1. The molecule has 0 aromatic heterocycles. The van der Waals surface area contributed by atoms with Gasteiger partial charge >= 0.3 is 0 Å². The molecule has 0 bridgehead atoms. The van der Waals surface area contributed by atoms with Crippen molar-refractivity contribution < 1.29 is 16.9 Å². The Morgan fingerprint density at radius 3 is 1.33 bits per heavy atom. The Labute approximate surface area is 116 Å². The predicted octanol–water partition coefficient (Wildman–Crippen LogP) is 0.467. The van der Waals surface area contributed by atoms with E-state index in [1.807, 2.05) is 0 Å². The molecule has 0 heterocycles. The Hall–Kier alpha value is -1.31. The number of rotatable bonds is 4. The largest absolute Gasteiger partial charge is 1.00 e. The Morgan fingerprint density at radius 1 is 0.667 bits per heavy atom. The zero-order valence-corrected chi connectivity index (χ0v) is 11.8. The van der Waals surface area contributed by atoms with E-state index >= 15 is 0 Å². The van der Waals surface area contributed by atoms with Gasteiger partial charge in [-0.25, -0.2) is 0 Å². The Balaban J connectivity index is 0.00000162. The summed E-state index contributed by atoms with van der Waals surface area (Å²) >= 11 is 0. The summed E-state index contributed by atoms with van der Waals surface area (Å²) in [5, 5.41) is 0. The monoisotopic (exact) mass is 261 g/mol. The third kappa shape index (κ3) is 4.52. The summed E-state index contributed by atoms with van der Waals surface area (Å²) in [6.07, 6.45) is 0. The van der Waals surface area contributed by atoms with Gasteiger partial charge in [0.25, 0.3) is 0 Å². The van der Waals surface area contributed by atoms with E-state index in [4.69, 9.17) is 0 Å². The average molecular weight is 262 g/mol. The summed E-state index contributed by atoms with van der Waals surface area (Å²) in [7, 11) is 4.56. The lowest BCUT2D eigenvalue weighted by molar-refractivity contribution is -0.916. The van der Waals surface area contributed by atoms with Gasteiger partial charge in [0.05, 0.1) is 14.1 Å². The molecule has 0 saturated heterocycles. The molecule has 2 heteroatoms. The molecule has 0 atom stereocenters. The van der Waals surface area contributed by atoms with Crippen LogP contribution in [0.15, 0.2) is 60.7 Å². The first-order valence-corrected chi connectivity index (χ1v) is 6.06. The van der Waals surface area contributed by atoms with E-state index in [0.29, 0.717) is 0 Å². The predicted molar refractivity (Wildman–Crippen MR) is 72.4 cm³/mol. The lowest BCUT2D eigenvalue weighted by Crippen LogP contribution is -3.00. The summed E-state index contributed by atoms with van der Waals surface area (Å²) in [5.74, 6) is 0. The summed E-state index contributed by atoms with van der Waals surface area (Å²) in [6, 6.07) is 21.4. The normalized spacial score (nSPS) is 10.8. The Morgan fingerprint density at radius 2 is 1.00 bits per heavy atom. The van der Waals surface area contributed by atoms with Crippen molar-refractivity contribution in [3.8, 4) is 0 Å². The van der Waals surface area contributed by atoms with Crippen LogP contribution in [0.25, 0.3) is 0 Å². The molecular formula is C16H20ClN. The fraction of sp³-hybridized carbons (Fsp3) is 0.250. The first kappa shape index (κ1) is 14.7. The molecule has 1 nitrogen and oxygen atoms in total. The third-order valence-corrected chi connectivity index (χ3v) is 2.91. The minimum absolute atomic E-state index is 0. The Bertz CT molecular complexity index is 408. The zero-order valence-electron chi connectivity index (χ0n) is 11.0. The third-order valence-electron chi connectivity index (χ3n) is 2.91. The number of benzene rings is 2. The molecule has 0 saturated carbocycles. The van der Waals surface area contributed by atoms with Gasteiger partial charge in [0, 0.05) is 11.1 Å². The molecule has 0 fully saturated rings. The van der Waals surface area contributed by atoms with Crippen LogP contribution in [0.3, 0.4) is 0 Å². The molecule has 0 radical (unpaired) electrons. The van der Waals surface area contributed by atoms with Crippen LogP contribution in [-0.4, -0.2) is 18.6 Å². The molecule has 0 spiro atoms. The van der Waals surface area contributed by atoms with Crippen LogP contribution in [0.1, 0.15) is 11.1 Å². The van der Waals surface area contributed by atoms with E-state index in [-0.39, 0.29) is 12.4 Å². The van der Waals surface area contributed by atoms with E-state index in [2.05, 4.69) is 74.8 Å². The van der Waals surface area contributed by atoms with Gasteiger partial charge in [-0.1, -0.05) is 60.7 Å². The number of hydrogen-bond acceptors (Lipinski definition) is 0. The van der Waals surface area contributed by atoms with Crippen LogP contribution in [0.5, 0.6) is 0 Å². The van der Waals surface area contributed by atoms with Crippen molar-refractivity contribution >= 4 is 0 Å². The second-order valence-corrected chi connectivity index (χ2v) is 5.22. The van der Waals surface area contributed by atoms with Crippen LogP contribution < -0.4 is 12.4 Å². The van der Waals surface area contributed by atoms with Crippen LogP contribution in [0.2, 0.25) is 0 Å². The summed E-state index contributed by atoms with van der Waals surface area (Å²) in [4.78, 5) is 0. The first-order chi connectivity index (χ1) is 8.16. The highest BCUT2D eigenvalue weighted by Crippen LogP contribution is 2.14. The Kier molecular flexibility index (Phi) is 5.39. The van der Waals surface area contributed by atoms with Crippen molar-refractivity contribution in [2.75, 3.05) is 14.1 Å². The minimum atomic E-state index is 0. The van der Waals surface area contributed by atoms with E-state index < -0.39 is 0 Å². The van der Waals surface area contributed by atoms with Gasteiger partial charge in [-0.05, 0) is 0 Å². The van der Waals surface area contributed by atoms with Crippen molar-refractivity contribution in [3.05, 3.63) is 71.8 Å². The van der Waals surface area contributed by atoms with Crippen LogP contribution in [0.4, 0.5) is 0 Å². The maximum atomic E-state index is 2.28. The molecule has 0 N–H and O–H groups in total. The molecule has 0 aliphatic carbocycles. The highest BCUT2D eigenvalue weighted by atomic mass is 35.5. The molecule has 2 aromatic rings. The molecule has 96 valence electrons. The van der Waals surface area contributed by atoms with Crippen LogP contribution in [0, 0.1) is 0 Å². The minimum Gasteiger partial charge on any atom is -1.00 e. The molecule has 18 heavy (non-hydrogen) atoms. The van der Waals surface area contributed by atoms with Crippen molar-refractivity contribution in [1.82, 2.24) is 0 Å². The zero-order chi connectivity index (χ0) is 12.1. The van der Waals surface area contributed by atoms with E-state index in [1.165, 1.54) is 11.1 Å². The van der Waals surface area contributed by atoms with Crippen molar-refractivity contribution in [2.45, 2.75) is 13.1 Å². The number of hydrogen-bond donors (Lipinski definition) is 0. The van der Waals surface area contributed by atoms with Crippen molar-refractivity contribution in [3.63, 3.8) is 0 Å². The SMILES string of the molecule is C[N+](C)(Cc1ccccc1)Cc1ccccc1.[Cl-]. The number of quaternary nitrogens is 1. The topological polar surface area (TPSA) is 0 Å². The van der Waals surface area contributed by atoms with Gasteiger partial charge in [0.15, 0.2) is 0 Å². The van der Waals surface area contributed by atoms with Gasteiger partial charge in [0.1, 0.15) is 13.1 Å². The standard InChI is InChI=1S/C16H20N.ClH/c1-17(2,13-15-9-5-3-6-10-15)14-16-11-7-4-8-12-16;/h3-12H,13-14H2,1-2H3;1H/q+1;/p-1. The molecule has 0 aliphatic rings. The van der Waals surface area contributed by atoms with Gasteiger partial charge in [-0.2, -0.15) is 0 Å². The second-order valence-electron chi connectivity index (χ2n) is 5.22. The smallest absolute Gasteiger partial charge is 0.104 e. The molecule has 0 amide bonds. The van der Waals surface area contributed by atoms with Gasteiger partial charge < -0.3 is 16.9 Å². The number of halogens is 1. The van der Waals surface area contributed by atoms with E-state index in [0.717, 1.165) is 17.6 Å². The summed E-state index contributed by atoms with van der Waals surface area (Å²) < 4.78 is 0.980. The van der Waals surface area contributed by atoms with Crippen LogP contribution >= 0.6 is 0 Å². The molecule has 2 aromatic carbocycles. The molecular weight excluding hydrogens is 242 g/mol. The highest BCUT2D eigenvalue weighted by molar-refractivity contribution is 5.15. The van der Waals surface area contributed by atoms with Gasteiger partial charge in [0.2, 0.25) is 0 Å². The second kappa shape index (κ2) is 6.58. The quantitative estimate of drug-likeness (QED) is 0.702. The molecule has 2 rings (SSSR count). The fourth-order valence-electron chi connectivity index (χ4n) is 2.21. The fourth-order valence-corrected chi connectivity index (χ4v) is 2.21. The number of nitrogens with zero attached hydrogens (tertiary/aromatic N) is 1. The van der Waals surface area contributed by atoms with Gasteiger partial charge in [-0.15, -0.1) is 0 Å². The van der Waals surface area contributed by atoms with Gasteiger partial charge in [-0.3, -0.25) is 0 Å². The maximum Gasteiger partial charge on any atom is 0.104 e. The summed E-state index contributed by atoms with van der Waals surface area (Å²) in [6.45, 7) is 2.13. The lowest BCUT2D eigenvalue weighted by Gasteiger charge is -2.30.